The van der Waals surface area contributed by atoms with Gasteiger partial charge in [0, 0.05) is 24.8 Å². The quantitative estimate of drug-likeness (QED) is 0.820. The van der Waals surface area contributed by atoms with Gasteiger partial charge in [-0.1, -0.05) is 0 Å². The maximum atomic E-state index is 13.0. The smallest absolute Gasteiger partial charge is 0.243 e. The largest absolute Gasteiger partial charge is 0.454 e. The molecule has 1 fully saturated rings. The Morgan fingerprint density at radius 1 is 1.11 bits per heavy atom. The SMILES string of the molecule is Cc1cc(C2CCN(S(=O)(=O)c3ccc4c(c3)OCO4)CC2)c(N)c(N)n1. The van der Waals surface area contributed by atoms with Crippen LogP contribution in [0.4, 0.5) is 11.5 Å². The predicted molar refractivity (Wildman–Crippen MR) is 101 cm³/mol. The molecule has 0 atom stereocenters. The van der Waals surface area contributed by atoms with Gasteiger partial charge in [0.1, 0.15) is 5.82 Å². The third-order valence-corrected chi connectivity index (χ3v) is 7.02. The van der Waals surface area contributed by atoms with E-state index in [2.05, 4.69) is 4.98 Å². The molecule has 3 heterocycles. The Labute approximate surface area is 158 Å². The van der Waals surface area contributed by atoms with Crippen LogP contribution in [0.3, 0.4) is 0 Å². The summed E-state index contributed by atoms with van der Waals surface area (Å²) in [5, 5.41) is 0. The second-order valence-corrected chi connectivity index (χ2v) is 8.78. The first-order valence-corrected chi connectivity index (χ1v) is 10.2. The molecule has 2 aromatic rings. The number of rotatable bonds is 3. The Bertz CT molecular complexity index is 985. The van der Waals surface area contributed by atoms with E-state index in [1.54, 1.807) is 12.1 Å². The van der Waals surface area contributed by atoms with Crippen molar-refractivity contribution in [1.29, 1.82) is 0 Å². The third kappa shape index (κ3) is 3.17. The first-order valence-electron chi connectivity index (χ1n) is 8.78. The first kappa shape index (κ1) is 17.9. The van der Waals surface area contributed by atoms with Crippen LogP contribution in [0.2, 0.25) is 0 Å². The van der Waals surface area contributed by atoms with E-state index in [1.165, 1.54) is 10.4 Å². The molecule has 0 spiro atoms. The Morgan fingerprint density at radius 2 is 1.81 bits per heavy atom. The average molecular weight is 390 g/mol. The normalized spacial score (nSPS) is 18.0. The average Bonchev–Trinajstić information content (AvgIpc) is 3.12. The maximum absolute atomic E-state index is 13.0. The molecule has 8 nitrogen and oxygen atoms in total. The van der Waals surface area contributed by atoms with Crippen molar-refractivity contribution in [3.63, 3.8) is 0 Å². The predicted octanol–water partition coefficient (Wildman–Crippen LogP) is 1.85. The number of nitrogens with two attached hydrogens (primary N) is 2. The van der Waals surface area contributed by atoms with Crippen LogP contribution in [0.1, 0.15) is 30.0 Å². The molecule has 2 aliphatic rings. The van der Waals surface area contributed by atoms with Gasteiger partial charge in [-0.15, -0.1) is 0 Å². The minimum absolute atomic E-state index is 0.111. The molecule has 27 heavy (non-hydrogen) atoms. The molecular weight excluding hydrogens is 368 g/mol. The van der Waals surface area contributed by atoms with E-state index < -0.39 is 10.0 Å². The number of fused-ring (bicyclic) bond motifs is 1. The van der Waals surface area contributed by atoms with Crippen molar-refractivity contribution in [2.24, 2.45) is 0 Å². The second-order valence-electron chi connectivity index (χ2n) is 6.85. The molecule has 2 aliphatic heterocycles. The summed E-state index contributed by atoms with van der Waals surface area (Å²) in [6.07, 6.45) is 1.35. The minimum atomic E-state index is -3.59. The number of piperidine rings is 1. The number of sulfonamides is 1. The summed E-state index contributed by atoms with van der Waals surface area (Å²) in [6.45, 7) is 2.82. The summed E-state index contributed by atoms with van der Waals surface area (Å²) in [5.74, 6) is 1.52. The first-order chi connectivity index (χ1) is 12.9. The van der Waals surface area contributed by atoms with Crippen LogP contribution in [-0.4, -0.2) is 37.6 Å². The highest BCUT2D eigenvalue weighted by atomic mass is 32.2. The number of pyridine rings is 1. The summed E-state index contributed by atoms with van der Waals surface area (Å²) in [4.78, 5) is 4.39. The van der Waals surface area contributed by atoms with Crippen molar-refractivity contribution >= 4 is 21.5 Å². The Hall–Kier alpha value is -2.52. The van der Waals surface area contributed by atoms with Crippen LogP contribution in [-0.2, 0) is 10.0 Å². The van der Waals surface area contributed by atoms with Gasteiger partial charge in [0.2, 0.25) is 16.8 Å². The molecule has 4 rings (SSSR count). The molecule has 0 saturated carbocycles. The molecule has 0 unspecified atom stereocenters. The number of hydrogen-bond acceptors (Lipinski definition) is 7. The van der Waals surface area contributed by atoms with Gasteiger partial charge in [-0.2, -0.15) is 4.31 Å². The highest BCUT2D eigenvalue weighted by Crippen LogP contribution is 2.38. The zero-order valence-electron chi connectivity index (χ0n) is 15.0. The van der Waals surface area contributed by atoms with Crippen LogP contribution in [0, 0.1) is 6.92 Å². The molecule has 0 amide bonds. The lowest BCUT2D eigenvalue weighted by atomic mass is 9.89. The summed E-state index contributed by atoms with van der Waals surface area (Å²) in [6, 6.07) is 6.65. The molecule has 4 N–H and O–H groups in total. The van der Waals surface area contributed by atoms with E-state index in [4.69, 9.17) is 20.9 Å². The number of nitrogens with zero attached hydrogens (tertiary/aromatic N) is 2. The van der Waals surface area contributed by atoms with Crippen LogP contribution in [0.15, 0.2) is 29.2 Å². The molecule has 1 aromatic carbocycles. The molecule has 1 saturated heterocycles. The Kier molecular flexibility index (Phi) is 4.35. The fraction of sp³-hybridized carbons (Fsp3) is 0.389. The van der Waals surface area contributed by atoms with Gasteiger partial charge in [-0.3, -0.25) is 0 Å². The molecule has 144 valence electrons. The molecular formula is C18H22N4O4S. The third-order valence-electron chi connectivity index (χ3n) is 5.12. The van der Waals surface area contributed by atoms with Crippen molar-refractivity contribution in [1.82, 2.24) is 9.29 Å². The van der Waals surface area contributed by atoms with E-state index in [0.717, 1.165) is 11.3 Å². The zero-order valence-corrected chi connectivity index (χ0v) is 15.8. The van der Waals surface area contributed by atoms with Gasteiger partial charge in [-0.05, 0) is 49.4 Å². The summed E-state index contributed by atoms with van der Waals surface area (Å²) < 4.78 is 38.0. The second kappa shape index (κ2) is 6.58. The molecule has 0 radical (unpaired) electrons. The van der Waals surface area contributed by atoms with Gasteiger partial charge < -0.3 is 20.9 Å². The number of hydrogen-bond donors (Lipinski definition) is 2. The van der Waals surface area contributed by atoms with Crippen LogP contribution >= 0.6 is 0 Å². The van der Waals surface area contributed by atoms with Crippen LogP contribution in [0.25, 0.3) is 0 Å². The fourth-order valence-electron chi connectivity index (χ4n) is 3.66. The number of aromatic nitrogens is 1. The Morgan fingerprint density at radius 3 is 2.56 bits per heavy atom. The molecule has 1 aromatic heterocycles. The van der Waals surface area contributed by atoms with E-state index >= 15 is 0 Å². The van der Waals surface area contributed by atoms with Crippen molar-refractivity contribution in [2.75, 3.05) is 31.3 Å². The summed E-state index contributed by atoms with van der Waals surface area (Å²) in [5.41, 5.74) is 14.3. The number of ether oxygens (including phenoxy) is 2. The van der Waals surface area contributed by atoms with Crippen molar-refractivity contribution in [3.8, 4) is 11.5 Å². The van der Waals surface area contributed by atoms with E-state index in [-0.39, 0.29) is 17.6 Å². The summed E-state index contributed by atoms with van der Waals surface area (Å²) in [7, 11) is -3.59. The van der Waals surface area contributed by atoms with Gasteiger partial charge in [-0.25, -0.2) is 13.4 Å². The van der Waals surface area contributed by atoms with Gasteiger partial charge >= 0.3 is 0 Å². The lowest BCUT2D eigenvalue weighted by Gasteiger charge is -2.32. The summed E-state index contributed by atoms with van der Waals surface area (Å²) >= 11 is 0. The zero-order chi connectivity index (χ0) is 19.2. The lowest BCUT2D eigenvalue weighted by molar-refractivity contribution is 0.174. The lowest BCUT2D eigenvalue weighted by Crippen LogP contribution is -2.38. The highest BCUT2D eigenvalue weighted by Gasteiger charge is 2.32. The molecule has 9 heteroatoms. The number of aryl methyl sites for hydroxylation is 1. The minimum Gasteiger partial charge on any atom is -0.454 e. The number of benzene rings is 1. The van der Waals surface area contributed by atoms with Gasteiger partial charge in [0.05, 0.1) is 10.6 Å². The van der Waals surface area contributed by atoms with E-state index in [1.807, 2.05) is 13.0 Å². The van der Waals surface area contributed by atoms with Crippen molar-refractivity contribution < 1.29 is 17.9 Å². The topological polar surface area (TPSA) is 121 Å². The van der Waals surface area contributed by atoms with Crippen LogP contribution < -0.4 is 20.9 Å². The van der Waals surface area contributed by atoms with E-state index in [9.17, 15) is 8.42 Å². The Balaban J connectivity index is 1.52. The monoisotopic (exact) mass is 390 g/mol. The highest BCUT2D eigenvalue weighted by molar-refractivity contribution is 7.89. The van der Waals surface area contributed by atoms with Gasteiger partial charge in [0.25, 0.3) is 0 Å². The standard InChI is InChI=1S/C18H22N4O4S/c1-11-8-14(17(19)18(20)21-11)12-4-6-22(7-5-12)27(23,24)13-2-3-15-16(9-13)26-10-25-15/h2-3,8-9,12H,4-7,10,19H2,1H3,(H2,20,21). The van der Waals surface area contributed by atoms with Crippen molar-refractivity contribution in [3.05, 3.63) is 35.5 Å². The maximum Gasteiger partial charge on any atom is 0.243 e. The number of anilines is 2. The molecule has 0 aliphatic carbocycles. The van der Waals surface area contributed by atoms with Crippen LogP contribution in [0.5, 0.6) is 11.5 Å². The fourth-order valence-corrected chi connectivity index (χ4v) is 5.15. The number of nitrogen functional groups attached to an aromatic ring is 2. The van der Waals surface area contributed by atoms with E-state index in [0.29, 0.717) is 48.9 Å². The van der Waals surface area contributed by atoms with Crippen molar-refractivity contribution in [2.45, 2.75) is 30.6 Å². The molecule has 0 bridgehead atoms. The van der Waals surface area contributed by atoms with Gasteiger partial charge in [0.15, 0.2) is 11.5 Å².